The number of carbonyl (C=O) groups is 1. The first kappa shape index (κ1) is 21.8. The molecule has 11 heteroatoms. The number of carbonyl (C=O) groups excluding carboxylic acids is 1. The van der Waals surface area contributed by atoms with Gasteiger partial charge in [0.25, 0.3) is 5.91 Å². The Labute approximate surface area is 187 Å². The van der Waals surface area contributed by atoms with Gasteiger partial charge in [0.2, 0.25) is 0 Å². The summed E-state index contributed by atoms with van der Waals surface area (Å²) in [5.74, 6) is 0.432. The quantitative estimate of drug-likeness (QED) is 0.376. The number of aromatic nitrogens is 2. The number of hydrogen-bond acceptors (Lipinski definition) is 7. The molecule has 8 nitrogen and oxygen atoms in total. The molecule has 30 heavy (non-hydrogen) atoms. The van der Waals surface area contributed by atoms with Crippen molar-refractivity contribution in [1.29, 1.82) is 0 Å². The summed E-state index contributed by atoms with van der Waals surface area (Å²) < 4.78 is 5.37. The monoisotopic (exact) mass is 466 g/mol. The maximum Gasteiger partial charge on any atom is 0.276 e. The van der Waals surface area contributed by atoms with Gasteiger partial charge in [0.05, 0.1) is 5.02 Å². The van der Waals surface area contributed by atoms with Crippen LogP contribution >= 0.6 is 34.8 Å². The van der Waals surface area contributed by atoms with Gasteiger partial charge in [0.1, 0.15) is 17.8 Å². The van der Waals surface area contributed by atoms with E-state index >= 15 is 0 Å². The second kappa shape index (κ2) is 9.71. The molecular weight excluding hydrogens is 451 g/mol. The van der Waals surface area contributed by atoms with E-state index in [0.29, 0.717) is 26.6 Å². The number of nitrogens with one attached hydrogen (secondary N) is 3. The lowest BCUT2D eigenvalue weighted by atomic mass is 10.2. The molecule has 0 aliphatic heterocycles. The molecule has 0 bridgehead atoms. The van der Waals surface area contributed by atoms with Crippen LogP contribution in [0.15, 0.2) is 42.7 Å². The highest BCUT2D eigenvalue weighted by Gasteiger charge is 2.12. The van der Waals surface area contributed by atoms with Crippen LogP contribution in [0.25, 0.3) is 0 Å². The van der Waals surface area contributed by atoms with Crippen molar-refractivity contribution in [1.82, 2.24) is 15.4 Å². The maximum absolute atomic E-state index is 12.1. The Bertz CT molecular complexity index is 1080. The molecule has 0 aliphatic carbocycles. The van der Waals surface area contributed by atoms with Crippen LogP contribution < -0.4 is 26.6 Å². The fraction of sp³-hybridized carbons (Fsp3) is 0.105. The molecule has 0 radical (unpaired) electrons. The number of nitrogens with zero attached hydrogens (tertiary/aromatic N) is 2. The summed E-state index contributed by atoms with van der Waals surface area (Å²) in [7, 11) is 0. The Kier molecular flexibility index (Phi) is 7.04. The van der Waals surface area contributed by atoms with Crippen LogP contribution in [-0.4, -0.2) is 22.5 Å². The Hall–Kier alpha value is -2.94. The number of anilines is 4. The summed E-state index contributed by atoms with van der Waals surface area (Å²) in [5.41, 5.74) is 13.1. The molecule has 156 valence electrons. The van der Waals surface area contributed by atoms with Gasteiger partial charge in [0.15, 0.2) is 18.2 Å². The number of ether oxygens (including phenoxy) is 1. The Balaban J connectivity index is 1.61. The molecule has 2 aromatic carbocycles. The zero-order chi connectivity index (χ0) is 21.7. The van der Waals surface area contributed by atoms with E-state index in [0.717, 1.165) is 11.3 Å². The van der Waals surface area contributed by atoms with Crippen molar-refractivity contribution in [3.8, 4) is 5.75 Å². The lowest BCUT2D eigenvalue weighted by Crippen LogP contribution is -2.34. The van der Waals surface area contributed by atoms with Crippen LogP contribution in [0.3, 0.4) is 0 Å². The average molecular weight is 468 g/mol. The van der Waals surface area contributed by atoms with E-state index in [-0.39, 0.29) is 18.1 Å². The van der Waals surface area contributed by atoms with Gasteiger partial charge in [-0.25, -0.2) is 9.97 Å². The van der Waals surface area contributed by atoms with Crippen LogP contribution in [-0.2, 0) is 4.79 Å². The number of nitrogen functional groups attached to an aromatic ring is 1. The van der Waals surface area contributed by atoms with Crippen LogP contribution in [0.4, 0.5) is 23.0 Å². The minimum Gasteiger partial charge on any atom is -0.482 e. The fourth-order valence-electron chi connectivity index (χ4n) is 2.35. The van der Waals surface area contributed by atoms with E-state index in [9.17, 15) is 4.79 Å². The summed E-state index contributed by atoms with van der Waals surface area (Å²) in [6, 6.07) is 10.1. The minimum absolute atomic E-state index is 0.207. The highest BCUT2D eigenvalue weighted by atomic mass is 35.5. The van der Waals surface area contributed by atoms with Gasteiger partial charge in [-0.1, -0.05) is 40.9 Å². The van der Waals surface area contributed by atoms with E-state index in [1.54, 1.807) is 24.3 Å². The number of hydrazine groups is 1. The van der Waals surface area contributed by atoms with Gasteiger partial charge in [-0.3, -0.25) is 15.6 Å². The second-order valence-electron chi connectivity index (χ2n) is 6.11. The number of nitrogens with two attached hydrogens (primary N) is 1. The molecule has 1 aromatic heterocycles. The molecule has 0 unspecified atom stereocenters. The van der Waals surface area contributed by atoms with Gasteiger partial charge in [-0.15, -0.1) is 0 Å². The molecule has 0 saturated heterocycles. The molecule has 3 aromatic rings. The molecule has 3 rings (SSSR count). The molecule has 0 fully saturated rings. The fourth-order valence-corrected chi connectivity index (χ4v) is 2.99. The first-order valence-electron chi connectivity index (χ1n) is 8.60. The maximum atomic E-state index is 12.1. The highest BCUT2D eigenvalue weighted by Crippen LogP contribution is 2.29. The van der Waals surface area contributed by atoms with Crippen LogP contribution in [0.1, 0.15) is 5.56 Å². The Morgan fingerprint density at radius 2 is 1.77 bits per heavy atom. The van der Waals surface area contributed by atoms with E-state index in [1.165, 1.54) is 12.4 Å². The van der Waals surface area contributed by atoms with Crippen molar-refractivity contribution < 1.29 is 9.53 Å². The first-order valence-corrected chi connectivity index (χ1v) is 9.73. The third kappa shape index (κ3) is 5.56. The molecule has 1 heterocycles. The van der Waals surface area contributed by atoms with Gasteiger partial charge in [-0.05, 0) is 42.8 Å². The second-order valence-corrected chi connectivity index (χ2v) is 7.39. The lowest BCUT2D eigenvalue weighted by Gasteiger charge is -2.14. The van der Waals surface area contributed by atoms with Gasteiger partial charge < -0.3 is 15.8 Å². The Morgan fingerprint density at radius 1 is 1.07 bits per heavy atom. The van der Waals surface area contributed by atoms with Crippen molar-refractivity contribution in [3.63, 3.8) is 0 Å². The summed E-state index contributed by atoms with van der Waals surface area (Å²) in [6.07, 6.45) is 1.30. The van der Waals surface area contributed by atoms with Crippen molar-refractivity contribution in [3.05, 3.63) is 63.4 Å². The molecule has 0 saturated carbocycles. The van der Waals surface area contributed by atoms with Gasteiger partial charge >= 0.3 is 0 Å². The molecule has 5 N–H and O–H groups in total. The highest BCUT2D eigenvalue weighted by molar-refractivity contribution is 6.35. The summed E-state index contributed by atoms with van der Waals surface area (Å²) in [4.78, 5) is 20.2. The molecule has 0 atom stereocenters. The molecule has 0 spiro atoms. The van der Waals surface area contributed by atoms with Crippen molar-refractivity contribution in [2.75, 3.05) is 23.1 Å². The zero-order valence-electron chi connectivity index (χ0n) is 15.7. The predicted molar refractivity (Wildman–Crippen MR) is 120 cm³/mol. The number of hydrogen-bond donors (Lipinski definition) is 4. The van der Waals surface area contributed by atoms with Crippen LogP contribution in [0.2, 0.25) is 15.1 Å². The number of aryl methyl sites for hydroxylation is 1. The topological polar surface area (TPSA) is 114 Å². The number of amides is 1. The lowest BCUT2D eigenvalue weighted by molar-refractivity contribution is -0.122. The normalized spacial score (nSPS) is 10.4. The van der Waals surface area contributed by atoms with Gasteiger partial charge in [0, 0.05) is 15.7 Å². The molecule has 0 aliphatic rings. The van der Waals surface area contributed by atoms with E-state index in [2.05, 4.69) is 26.1 Å². The summed E-state index contributed by atoms with van der Waals surface area (Å²) >= 11 is 17.9. The largest absolute Gasteiger partial charge is 0.482 e. The van der Waals surface area contributed by atoms with E-state index in [1.807, 2.05) is 13.0 Å². The van der Waals surface area contributed by atoms with Gasteiger partial charge in [-0.2, -0.15) is 0 Å². The molecular formula is C19H17Cl3N6O2. The average Bonchev–Trinajstić information content (AvgIpc) is 2.70. The zero-order valence-corrected chi connectivity index (χ0v) is 17.9. The summed E-state index contributed by atoms with van der Waals surface area (Å²) in [6.45, 7) is 1.63. The minimum atomic E-state index is -0.473. The van der Waals surface area contributed by atoms with Crippen LogP contribution in [0, 0.1) is 6.92 Å². The predicted octanol–water partition coefficient (Wildman–Crippen LogP) is 4.59. The number of rotatable bonds is 7. The number of benzene rings is 2. The number of halogens is 3. The van der Waals surface area contributed by atoms with Crippen LogP contribution in [0.5, 0.6) is 5.75 Å². The summed E-state index contributed by atoms with van der Waals surface area (Å²) in [5, 5.41) is 4.44. The standard InChI is InChI=1S/C19H17Cl3N6O2/c1-10-2-3-12(21)7-14(10)26-18-17(23)19(25-9-24-18)28-27-16(29)8-30-15-5-4-11(20)6-13(15)22/h2-7,9H,8,23H2,1H3,(H,27,29)(H2,24,25,26,28). The van der Waals surface area contributed by atoms with Crippen molar-refractivity contribution in [2.45, 2.75) is 6.92 Å². The Morgan fingerprint density at radius 3 is 2.53 bits per heavy atom. The molecule has 1 amide bonds. The first-order chi connectivity index (χ1) is 14.3. The van der Waals surface area contributed by atoms with Crippen molar-refractivity contribution in [2.24, 2.45) is 0 Å². The van der Waals surface area contributed by atoms with Crippen molar-refractivity contribution >= 4 is 63.7 Å². The van der Waals surface area contributed by atoms with E-state index in [4.69, 9.17) is 45.3 Å². The van der Waals surface area contributed by atoms with E-state index < -0.39 is 5.91 Å². The third-order valence-corrected chi connectivity index (χ3v) is 4.68. The third-order valence-electron chi connectivity index (χ3n) is 3.91. The SMILES string of the molecule is Cc1ccc(Cl)cc1Nc1ncnc(NNC(=O)COc2ccc(Cl)cc2Cl)c1N. The smallest absolute Gasteiger partial charge is 0.276 e.